The quantitative estimate of drug-likeness (QED) is 0.406. The standard InChI is InChI=1S/C30H27ClFN3O6/c1-12-8-14(9-13(2)24(12)36)23-16-5-6-17-22(27(39)35(25(17)37)29(33)41)18(16)11-19-26(38)34(28(40)30(19,23)3)15-4-7-21(32)20(31)10-15/h4-5,7-10,17-19,22-23,36H,6,11H2,1-3H3,(H2,33,41)/t17-,18+,19-,22-,23-,30+/m0/s1. The topological polar surface area (TPSA) is 138 Å². The fraction of sp³-hybridized carbons (Fsp3) is 0.367. The maximum atomic E-state index is 14.4. The van der Waals surface area contributed by atoms with Crippen molar-refractivity contribution in [2.24, 2.45) is 34.8 Å². The average Bonchev–Trinajstić information content (AvgIpc) is 3.28. The molecule has 2 saturated heterocycles. The van der Waals surface area contributed by atoms with Crippen molar-refractivity contribution in [2.75, 3.05) is 4.90 Å². The molecule has 2 aromatic rings. The van der Waals surface area contributed by atoms with Crippen LogP contribution >= 0.6 is 11.6 Å². The number of hydrogen-bond acceptors (Lipinski definition) is 6. The molecule has 2 aliphatic carbocycles. The third-order valence-corrected chi connectivity index (χ3v) is 9.79. The third-order valence-electron chi connectivity index (χ3n) is 9.50. The van der Waals surface area contributed by atoms with E-state index in [0.717, 1.165) is 16.5 Å². The Morgan fingerprint density at radius 2 is 1.71 bits per heavy atom. The van der Waals surface area contributed by atoms with Gasteiger partial charge in [0, 0.05) is 5.92 Å². The second-order valence-electron chi connectivity index (χ2n) is 11.6. The Kier molecular flexibility index (Phi) is 5.94. The molecular weight excluding hydrogens is 553 g/mol. The summed E-state index contributed by atoms with van der Waals surface area (Å²) in [6.45, 7) is 5.18. The molecule has 0 radical (unpaired) electrons. The van der Waals surface area contributed by atoms with E-state index in [1.165, 1.54) is 12.1 Å². The molecule has 212 valence electrons. The number of primary amides is 1. The van der Waals surface area contributed by atoms with Gasteiger partial charge in [-0.2, -0.15) is 4.90 Å². The van der Waals surface area contributed by atoms with Crippen LogP contribution in [0.5, 0.6) is 5.75 Å². The molecule has 3 N–H and O–H groups in total. The zero-order chi connectivity index (χ0) is 29.7. The Labute approximate surface area is 239 Å². The molecule has 2 heterocycles. The van der Waals surface area contributed by atoms with Gasteiger partial charge in [-0.15, -0.1) is 0 Å². The number of nitrogens with zero attached hydrogens (tertiary/aromatic N) is 2. The number of likely N-dealkylation sites (tertiary alicyclic amines) is 1. The maximum Gasteiger partial charge on any atom is 0.328 e. The smallest absolute Gasteiger partial charge is 0.328 e. The lowest BCUT2D eigenvalue weighted by atomic mass is 9.51. The highest BCUT2D eigenvalue weighted by molar-refractivity contribution is 6.31. The molecule has 4 aliphatic rings. The highest BCUT2D eigenvalue weighted by atomic mass is 35.5. The minimum Gasteiger partial charge on any atom is -0.507 e. The summed E-state index contributed by atoms with van der Waals surface area (Å²) in [4.78, 5) is 68.4. The van der Waals surface area contributed by atoms with Crippen LogP contribution in [0.25, 0.3) is 0 Å². The largest absolute Gasteiger partial charge is 0.507 e. The number of hydrogen-bond donors (Lipinski definition) is 2. The molecule has 2 aliphatic heterocycles. The number of allylic oxidation sites excluding steroid dienone is 2. The second-order valence-corrected chi connectivity index (χ2v) is 12.0. The first-order valence-electron chi connectivity index (χ1n) is 13.3. The Morgan fingerprint density at radius 3 is 2.32 bits per heavy atom. The lowest BCUT2D eigenvalue weighted by Crippen LogP contribution is -2.49. The summed E-state index contributed by atoms with van der Waals surface area (Å²) in [6.07, 6.45) is 2.09. The molecule has 11 heteroatoms. The maximum absolute atomic E-state index is 14.4. The summed E-state index contributed by atoms with van der Waals surface area (Å²) in [5, 5.41) is 10.3. The molecule has 3 fully saturated rings. The SMILES string of the molecule is Cc1cc([C@H]2C3=CC[C@@H]4C(=O)N(C(N)=O)C(=O)[C@@H]4[C@@H]3C[C@H]3C(=O)N(c4ccc(F)c(Cl)c4)C(=O)[C@@]23C)cc(C)c1O. The summed E-state index contributed by atoms with van der Waals surface area (Å²) in [7, 11) is 0. The molecule has 6 atom stereocenters. The lowest BCUT2D eigenvalue weighted by Gasteiger charge is -2.49. The number of nitrogens with two attached hydrogens (primary N) is 1. The first-order valence-corrected chi connectivity index (χ1v) is 13.7. The van der Waals surface area contributed by atoms with E-state index in [0.29, 0.717) is 21.6 Å². The number of rotatable bonds is 2. The Bertz CT molecular complexity index is 1610. The number of carbonyl (C=O) groups is 5. The number of imide groups is 4. The van der Waals surface area contributed by atoms with Gasteiger partial charge >= 0.3 is 6.03 Å². The van der Waals surface area contributed by atoms with Crippen molar-refractivity contribution in [3.63, 3.8) is 0 Å². The van der Waals surface area contributed by atoms with Crippen molar-refractivity contribution < 1.29 is 33.5 Å². The van der Waals surface area contributed by atoms with Crippen LogP contribution in [0.1, 0.15) is 42.4 Å². The van der Waals surface area contributed by atoms with E-state index in [1.807, 2.05) is 6.08 Å². The normalized spacial score (nSPS) is 30.8. The molecule has 41 heavy (non-hydrogen) atoms. The van der Waals surface area contributed by atoms with E-state index in [4.69, 9.17) is 17.3 Å². The Hall–Kier alpha value is -4.05. The van der Waals surface area contributed by atoms with Gasteiger partial charge in [-0.3, -0.25) is 19.2 Å². The van der Waals surface area contributed by atoms with Crippen LogP contribution in [0.15, 0.2) is 42.0 Å². The summed E-state index contributed by atoms with van der Waals surface area (Å²) < 4.78 is 14.0. The van der Waals surface area contributed by atoms with Crippen LogP contribution < -0.4 is 10.6 Å². The summed E-state index contributed by atoms with van der Waals surface area (Å²) in [5.41, 5.74) is 6.72. The van der Waals surface area contributed by atoms with Gasteiger partial charge in [0.2, 0.25) is 23.6 Å². The average molecular weight is 580 g/mol. The molecule has 6 rings (SSSR count). The minimum absolute atomic E-state index is 0.0810. The molecule has 0 unspecified atom stereocenters. The fourth-order valence-electron chi connectivity index (χ4n) is 7.64. The molecule has 2 aromatic carbocycles. The Balaban J connectivity index is 1.55. The number of benzene rings is 2. The van der Waals surface area contributed by atoms with Gasteiger partial charge in [-0.1, -0.05) is 35.4 Å². The van der Waals surface area contributed by atoms with Gasteiger partial charge in [0.05, 0.1) is 33.9 Å². The van der Waals surface area contributed by atoms with E-state index in [1.54, 1.807) is 32.9 Å². The summed E-state index contributed by atoms with van der Waals surface area (Å²) in [5.74, 6) is -6.96. The summed E-state index contributed by atoms with van der Waals surface area (Å²) in [6, 6.07) is 6.00. The number of amides is 6. The predicted octanol–water partition coefficient (Wildman–Crippen LogP) is 4.11. The fourth-order valence-corrected chi connectivity index (χ4v) is 7.81. The minimum atomic E-state index is -1.32. The van der Waals surface area contributed by atoms with Crippen LogP contribution in [0.2, 0.25) is 5.02 Å². The van der Waals surface area contributed by atoms with Gasteiger partial charge in [0.1, 0.15) is 11.6 Å². The number of phenolic OH excluding ortho intramolecular Hbond substituents is 1. The van der Waals surface area contributed by atoms with Gasteiger partial charge in [0.15, 0.2) is 0 Å². The number of fused-ring (bicyclic) bond motifs is 4. The molecule has 0 bridgehead atoms. The van der Waals surface area contributed by atoms with E-state index in [9.17, 15) is 33.5 Å². The van der Waals surface area contributed by atoms with Crippen LogP contribution in [-0.4, -0.2) is 39.7 Å². The highest BCUT2D eigenvalue weighted by Gasteiger charge is 2.68. The number of aryl methyl sites for hydroxylation is 2. The number of urea groups is 1. The van der Waals surface area contributed by atoms with Gasteiger partial charge in [-0.25, -0.2) is 14.1 Å². The number of aromatic hydroxyl groups is 1. The third kappa shape index (κ3) is 3.56. The molecule has 9 nitrogen and oxygen atoms in total. The van der Waals surface area contributed by atoms with Crippen molar-refractivity contribution in [3.8, 4) is 5.75 Å². The van der Waals surface area contributed by atoms with E-state index < -0.39 is 70.5 Å². The number of anilines is 1. The van der Waals surface area contributed by atoms with E-state index in [-0.39, 0.29) is 29.3 Å². The van der Waals surface area contributed by atoms with Crippen molar-refractivity contribution in [2.45, 2.75) is 39.5 Å². The number of phenols is 1. The van der Waals surface area contributed by atoms with E-state index >= 15 is 0 Å². The monoisotopic (exact) mass is 579 g/mol. The number of carbonyl (C=O) groups excluding carboxylic acids is 5. The number of halogens is 2. The van der Waals surface area contributed by atoms with Gasteiger partial charge < -0.3 is 10.8 Å². The zero-order valence-corrected chi connectivity index (χ0v) is 23.2. The summed E-state index contributed by atoms with van der Waals surface area (Å²) >= 11 is 6.01. The first kappa shape index (κ1) is 27.1. The molecular formula is C30H27ClFN3O6. The Morgan fingerprint density at radius 1 is 1.05 bits per heavy atom. The molecule has 1 saturated carbocycles. The van der Waals surface area contributed by atoms with Gasteiger partial charge in [-0.05, 0) is 74.4 Å². The van der Waals surface area contributed by atoms with Crippen molar-refractivity contribution in [1.29, 1.82) is 0 Å². The van der Waals surface area contributed by atoms with E-state index in [2.05, 4.69) is 0 Å². The lowest BCUT2D eigenvalue weighted by molar-refractivity contribution is -0.136. The second kappa shape index (κ2) is 8.97. The van der Waals surface area contributed by atoms with Crippen molar-refractivity contribution in [1.82, 2.24) is 4.90 Å². The molecule has 0 aromatic heterocycles. The van der Waals surface area contributed by atoms with Crippen LogP contribution in [0.3, 0.4) is 0 Å². The van der Waals surface area contributed by atoms with Crippen molar-refractivity contribution >= 4 is 46.9 Å². The zero-order valence-electron chi connectivity index (χ0n) is 22.5. The predicted molar refractivity (Wildman–Crippen MR) is 145 cm³/mol. The highest BCUT2D eigenvalue weighted by Crippen LogP contribution is 2.63. The van der Waals surface area contributed by atoms with Crippen molar-refractivity contribution in [3.05, 3.63) is 69.5 Å². The van der Waals surface area contributed by atoms with Crippen LogP contribution in [-0.2, 0) is 19.2 Å². The van der Waals surface area contributed by atoms with Gasteiger partial charge in [0.25, 0.3) is 0 Å². The van der Waals surface area contributed by atoms with Crippen LogP contribution in [0.4, 0.5) is 14.9 Å². The van der Waals surface area contributed by atoms with Crippen LogP contribution in [0, 0.1) is 48.8 Å². The molecule has 6 amide bonds. The molecule has 0 spiro atoms. The first-order chi connectivity index (χ1) is 19.3.